The molecule has 0 unspecified atom stereocenters. The molecule has 9 heteroatoms. The van der Waals surface area contributed by atoms with Crippen molar-refractivity contribution >= 4 is 27.5 Å². The van der Waals surface area contributed by atoms with E-state index in [-0.39, 0.29) is 5.56 Å². The average Bonchev–Trinajstić information content (AvgIpc) is 2.60. The number of hydrogen-bond acceptors (Lipinski definition) is 4. The number of carbonyl (C=O) groups excluding carboxylic acids is 2. The number of primary amides is 1. The minimum atomic E-state index is -4.24. The molecule has 0 fully saturated rings. The summed E-state index contributed by atoms with van der Waals surface area (Å²) in [6.07, 6.45) is 0. The Bertz CT molecular complexity index is 943. The molecule has 7 nitrogen and oxygen atoms in total. The number of hydrogen-bond donors (Lipinski definition) is 3. The molecule has 2 amide bonds. The molecule has 0 heterocycles. The summed E-state index contributed by atoms with van der Waals surface area (Å²) >= 11 is 0. The normalized spacial score (nSPS) is 12.6. The van der Waals surface area contributed by atoms with E-state index in [4.69, 9.17) is 5.73 Å². The van der Waals surface area contributed by atoms with E-state index in [1.165, 1.54) is 36.4 Å². The molecular formula is C18H20FN3O4S. The Kier molecular flexibility index (Phi) is 6.29. The predicted octanol–water partition coefficient (Wildman–Crippen LogP) is 1.87. The fourth-order valence-corrected chi connectivity index (χ4v) is 3.75. The van der Waals surface area contributed by atoms with Crippen LogP contribution in [0.5, 0.6) is 0 Å². The summed E-state index contributed by atoms with van der Waals surface area (Å²) in [6, 6.07) is 9.60. The molecule has 4 N–H and O–H groups in total. The third-order valence-corrected chi connectivity index (χ3v) is 5.27. The summed E-state index contributed by atoms with van der Waals surface area (Å²) in [5, 5.41) is 2.57. The first kappa shape index (κ1) is 20.5. The summed E-state index contributed by atoms with van der Waals surface area (Å²) in [6.45, 7) is 3.31. The molecule has 1 atom stereocenters. The molecule has 0 saturated heterocycles. The van der Waals surface area contributed by atoms with Gasteiger partial charge in [0, 0.05) is 11.3 Å². The largest absolute Gasteiger partial charge is 0.366 e. The van der Waals surface area contributed by atoms with Crippen LogP contribution in [0.1, 0.15) is 24.2 Å². The topological polar surface area (TPSA) is 118 Å². The van der Waals surface area contributed by atoms with Crippen LogP contribution >= 0.6 is 0 Å². The van der Waals surface area contributed by atoms with E-state index in [1.807, 2.05) is 0 Å². The highest BCUT2D eigenvalue weighted by molar-refractivity contribution is 7.89. The molecule has 0 spiro atoms. The zero-order valence-corrected chi connectivity index (χ0v) is 15.6. The number of anilines is 1. The summed E-state index contributed by atoms with van der Waals surface area (Å²) in [5.41, 5.74) is 5.79. The van der Waals surface area contributed by atoms with Crippen molar-refractivity contribution in [3.63, 3.8) is 0 Å². The van der Waals surface area contributed by atoms with Gasteiger partial charge < -0.3 is 11.1 Å². The molecule has 0 bridgehead atoms. The third kappa shape index (κ3) is 5.11. The predicted molar refractivity (Wildman–Crippen MR) is 98.9 cm³/mol. The highest BCUT2D eigenvalue weighted by Crippen LogP contribution is 2.17. The molecule has 0 radical (unpaired) electrons. The van der Waals surface area contributed by atoms with Crippen LogP contribution in [0, 0.1) is 11.7 Å². The number of nitrogens with one attached hydrogen (secondary N) is 2. The van der Waals surface area contributed by atoms with Crippen molar-refractivity contribution in [2.45, 2.75) is 24.8 Å². The molecule has 2 rings (SSSR count). The van der Waals surface area contributed by atoms with Gasteiger partial charge in [-0.3, -0.25) is 9.59 Å². The van der Waals surface area contributed by atoms with Gasteiger partial charge in [0.05, 0.1) is 0 Å². The first-order valence-electron chi connectivity index (χ1n) is 8.09. The zero-order chi connectivity index (χ0) is 20.2. The van der Waals surface area contributed by atoms with Gasteiger partial charge in [-0.05, 0) is 42.3 Å². The zero-order valence-electron chi connectivity index (χ0n) is 14.8. The van der Waals surface area contributed by atoms with Crippen molar-refractivity contribution in [2.75, 3.05) is 5.32 Å². The van der Waals surface area contributed by atoms with Crippen LogP contribution in [0.2, 0.25) is 0 Å². The van der Waals surface area contributed by atoms with Crippen LogP contribution in [-0.4, -0.2) is 26.3 Å². The number of halogens is 1. The minimum Gasteiger partial charge on any atom is -0.366 e. The number of rotatable bonds is 7. The van der Waals surface area contributed by atoms with Gasteiger partial charge in [0.2, 0.25) is 21.8 Å². The molecule has 0 aliphatic heterocycles. The Morgan fingerprint density at radius 2 is 1.63 bits per heavy atom. The molecule has 27 heavy (non-hydrogen) atoms. The lowest BCUT2D eigenvalue weighted by Crippen LogP contribution is -2.47. The van der Waals surface area contributed by atoms with E-state index >= 15 is 0 Å². The van der Waals surface area contributed by atoms with Gasteiger partial charge in [-0.1, -0.05) is 26.0 Å². The van der Waals surface area contributed by atoms with Gasteiger partial charge in [0.25, 0.3) is 0 Å². The van der Waals surface area contributed by atoms with E-state index in [0.717, 1.165) is 12.1 Å². The first-order valence-corrected chi connectivity index (χ1v) is 9.57. The van der Waals surface area contributed by atoms with Crippen molar-refractivity contribution in [3.8, 4) is 0 Å². The first-order chi connectivity index (χ1) is 12.6. The van der Waals surface area contributed by atoms with Crippen LogP contribution in [0.25, 0.3) is 0 Å². The fourth-order valence-electron chi connectivity index (χ4n) is 2.32. The second-order valence-corrected chi connectivity index (χ2v) is 7.89. The summed E-state index contributed by atoms with van der Waals surface area (Å²) in [5.74, 6) is -2.53. The van der Waals surface area contributed by atoms with Crippen LogP contribution in [0.15, 0.2) is 53.4 Å². The second kappa shape index (κ2) is 8.28. The number of benzene rings is 2. The van der Waals surface area contributed by atoms with Crippen LogP contribution in [-0.2, 0) is 14.8 Å². The highest BCUT2D eigenvalue weighted by Gasteiger charge is 2.29. The lowest BCUT2D eigenvalue weighted by Gasteiger charge is -2.22. The van der Waals surface area contributed by atoms with Crippen LogP contribution in [0.3, 0.4) is 0 Å². The van der Waals surface area contributed by atoms with E-state index in [1.54, 1.807) is 13.8 Å². The summed E-state index contributed by atoms with van der Waals surface area (Å²) in [4.78, 5) is 23.1. The summed E-state index contributed by atoms with van der Waals surface area (Å²) in [7, 11) is -4.24. The molecule has 2 aromatic rings. The maximum absolute atomic E-state index is 13.8. The van der Waals surface area contributed by atoms with E-state index in [0.29, 0.717) is 5.69 Å². The Hall–Kier alpha value is -2.78. The van der Waals surface area contributed by atoms with Gasteiger partial charge in [-0.25, -0.2) is 12.8 Å². The van der Waals surface area contributed by atoms with Crippen molar-refractivity contribution < 1.29 is 22.4 Å². The standard InChI is InChI=1S/C18H20FN3O4S/c1-11(2)16(22-27(25,26)15-6-4-3-5-14(15)19)18(24)21-13-9-7-12(8-10-13)17(20)23/h3-11,16,22H,1-2H3,(H2,20,23)(H,21,24)/t16-/m0/s1. The van der Waals surface area contributed by atoms with Crippen molar-refractivity contribution in [1.29, 1.82) is 0 Å². The molecule has 144 valence electrons. The van der Waals surface area contributed by atoms with Gasteiger partial charge in [-0.2, -0.15) is 4.72 Å². The quantitative estimate of drug-likeness (QED) is 0.665. The SMILES string of the molecule is CC(C)[C@H](NS(=O)(=O)c1ccccc1F)C(=O)Nc1ccc(C(N)=O)cc1. The number of carbonyl (C=O) groups is 2. The summed E-state index contributed by atoms with van der Waals surface area (Å²) < 4.78 is 41.0. The molecule has 0 aromatic heterocycles. The van der Waals surface area contributed by atoms with Gasteiger partial charge in [0.1, 0.15) is 16.8 Å². The van der Waals surface area contributed by atoms with E-state index in [2.05, 4.69) is 10.0 Å². The Labute approximate surface area is 156 Å². The van der Waals surface area contributed by atoms with E-state index < -0.39 is 44.5 Å². The smallest absolute Gasteiger partial charge is 0.248 e. The number of nitrogens with two attached hydrogens (primary N) is 1. The third-order valence-electron chi connectivity index (χ3n) is 3.79. The minimum absolute atomic E-state index is 0.272. The maximum atomic E-state index is 13.8. The van der Waals surface area contributed by atoms with Crippen LogP contribution in [0.4, 0.5) is 10.1 Å². The average molecular weight is 393 g/mol. The van der Waals surface area contributed by atoms with Gasteiger partial charge >= 0.3 is 0 Å². The fraction of sp³-hybridized carbons (Fsp3) is 0.222. The second-order valence-electron chi connectivity index (χ2n) is 6.20. The maximum Gasteiger partial charge on any atom is 0.248 e. The highest BCUT2D eigenvalue weighted by atomic mass is 32.2. The Morgan fingerprint density at radius 1 is 1.04 bits per heavy atom. The van der Waals surface area contributed by atoms with Gasteiger partial charge in [-0.15, -0.1) is 0 Å². The van der Waals surface area contributed by atoms with Gasteiger partial charge in [0.15, 0.2) is 0 Å². The van der Waals surface area contributed by atoms with Crippen molar-refractivity contribution in [1.82, 2.24) is 4.72 Å². The molecule has 0 saturated carbocycles. The molecular weight excluding hydrogens is 373 g/mol. The molecule has 2 aromatic carbocycles. The lowest BCUT2D eigenvalue weighted by atomic mass is 10.0. The van der Waals surface area contributed by atoms with Crippen molar-refractivity contribution in [2.24, 2.45) is 11.7 Å². The van der Waals surface area contributed by atoms with E-state index in [9.17, 15) is 22.4 Å². The van der Waals surface area contributed by atoms with Crippen LogP contribution < -0.4 is 15.8 Å². The monoisotopic (exact) mass is 393 g/mol. The van der Waals surface area contributed by atoms with Crippen molar-refractivity contribution in [3.05, 3.63) is 59.9 Å². The lowest BCUT2D eigenvalue weighted by molar-refractivity contribution is -0.118. The number of sulfonamides is 1. The molecule has 0 aliphatic rings. The Balaban J connectivity index is 2.20. The molecule has 0 aliphatic carbocycles. The number of amides is 2. The Morgan fingerprint density at radius 3 is 2.15 bits per heavy atom.